The average Bonchev–Trinajstić information content (AvgIpc) is 3.26. The number of nitrogens with zero attached hydrogens (tertiary/aromatic N) is 3. The molecule has 0 amide bonds. The fourth-order valence-electron chi connectivity index (χ4n) is 5.70. The van der Waals surface area contributed by atoms with Crippen molar-refractivity contribution in [1.29, 1.82) is 0 Å². The highest BCUT2D eigenvalue weighted by Gasteiger charge is 2.43. The van der Waals surface area contributed by atoms with Gasteiger partial charge in [-0.15, -0.1) is 0 Å². The second-order valence-electron chi connectivity index (χ2n) is 9.61. The van der Waals surface area contributed by atoms with Gasteiger partial charge < -0.3 is 0 Å². The highest BCUT2D eigenvalue weighted by Crippen LogP contribution is 2.43. The number of hydrogen-bond acceptors (Lipinski definition) is 3. The topological polar surface area (TPSA) is 38.1 Å². The summed E-state index contributed by atoms with van der Waals surface area (Å²) in [4.78, 5) is 2.60. The fourth-order valence-corrected chi connectivity index (χ4v) is 7.57. The van der Waals surface area contributed by atoms with Crippen molar-refractivity contribution in [2.45, 2.75) is 83.0 Å². The van der Waals surface area contributed by atoms with Crippen LogP contribution in [0, 0.1) is 5.41 Å². The molecule has 1 spiro atoms. The van der Waals surface area contributed by atoms with E-state index in [2.05, 4.69) is 10.00 Å². The minimum absolute atomic E-state index is 0.0796. The van der Waals surface area contributed by atoms with Crippen LogP contribution in [0.25, 0.3) is 0 Å². The molecule has 0 aromatic carbocycles. The Kier molecular flexibility index (Phi) is 5.88. The molecule has 8 heteroatoms. The fraction of sp³-hybridized carbons (Fsp3) is 0.857. The molecule has 3 fully saturated rings. The van der Waals surface area contributed by atoms with Gasteiger partial charge in [-0.2, -0.15) is 18.3 Å². The van der Waals surface area contributed by atoms with Crippen LogP contribution < -0.4 is 0 Å². The lowest BCUT2D eigenvalue weighted by Crippen LogP contribution is -2.49. The van der Waals surface area contributed by atoms with E-state index in [-0.39, 0.29) is 17.4 Å². The molecule has 3 aliphatic rings. The third-order valence-electron chi connectivity index (χ3n) is 7.19. The molecule has 1 saturated carbocycles. The summed E-state index contributed by atoms with van der Waals surface area (Å²) in [7, 11) is -0.651. The third kappa shape index (κ3) is 4.43. The molecule has 0 radical (unpaired) electrons. The van der Waals surface area contributed by atoms with Crippen molar-refractivity contribution in [2.24, 2.45) is 5.41 Å². The van der Waals surface area contributed by atoms with E-state index >= 15 is 0 Å². The zero-order valence-electron chi connectivity index (χ0n) is 17.4. The zero-order chi connectivity index (χ0) is 20.8. The van der Waals surface area contributed by atoms with Gasteiger partial charge in [-0.25, -0.2) is 0 Å². The van der Waals surface area contributed by atoms with E-state index < -0.39 is 22.7 Å². The van der Waals surface area contributed by atoms with Gasteiger partial charge in [0.2, 0.25) is 0 Å². The standard InChI is InChI=1S/C21H32F3N3OS/c1-15(2)27-18(12-19(25-27)21(22,23)24)16-4-6-17(7-5-16)26-10-3-8-20(13-26)9-11-29(28)14-20/h12,15-17H,3-11,13-14H2,1-2H3/t16?,17?,20-,29?/m1/s1. The van der Waals surface area contributed by atoms with Gasteiger partial charge in [-0.05, 0) is 76.8 Å². The van der Waals surface area contributed by atoms with Crippen molar-refractivity contribution >= 4 is 10.8 Å². The Morgan fingerprint density at radius 1 is 1.21 bits per heavy atom. The molecule has 2 aliphatic heterocycles. The molecule has 0 bridgehead atoms. The number of hydrogen-bond donors (Lipinski definition) is 0. The molecular weight excluding hydrogens is 399 g/mol. The molecule has 164 valence electrons. The van der Waals surface area contributed by atoms with Gasteiger partial charge in [0, 0.05) is 52.5 Å². The van der Waals surface area contributed by atoms with Crippen molar-refractivity contribution in [1.82, 2.24) is 14.7 Å². The maximum absolute atomic E-state index is 13.2. The second kappa shape index (κ2) is 7.98. The minimum atomic E-state index is -4.39. The monoisotopic (exact) mass is 431 g/mol. The molecule has 1 aliphatic carbocycles. The maximum atomic E-state index is 13.2. The van der Waals surface area contributed by atoms with Crippen LogP contribution in [0.3, 0.4) is 0 Å². The van der Waals surface area contributed by atoms with Gasteiger partial charge >= 0.3 is 6.18 Å². The molecule has 4 nitrogen and oxygen atoms in total. The van der Waals surface area contributed by atoms with Gasteiger partial charge in [0.15, 0.2) is 5.69 Å². The number of likely N-dealkylation sites (tertiary alicyclic amines) is 1. The van der Waals surface area contributed by atoms with Crippen molar-refractivity contribution in [3.63, 3.8) is 0 Å². The first-order valence-corrected chi connectivity index (χ1v) is 12.4. The van der Waals surface area contributed by atoms with Crippen LogP contribution >= 0.6 is 0 Å². The lowest BCUT2D eigenvalue weighted by atomic mass is 9.77. The minimum Gasteiger partial charge on any atom is -0.300 e. The Balaban J connectivity index is 1.42. The molecule has 1 aromatic rings. The molecule has 0 N–H and O–H groups in total. The summed E-state index contributed by atoms with van der Waals surface area (Å²) in [6, 6.07) is 1.70. The predicted molar refractivity (Wildman–Crippen MR) is 108 cm³/mol. The first-order valence-electron chi connectivity index (χ1n) is 10.9. The second-order valence-corrected chi connectivity index (χ2v) is 11.2. The summed E-state index contributed by atoms with van der Waals surface area (Å²) in [5, 5.41) is 3.87. The van der Waals surface area contributed by atoms with Crippen molar-refractivity contribution in [3.8, 4) is 0 Å². The van der Waals surface area contributed by atoms with Crippen LogP contribution in [-0.4, -0.2) is 49.5 Å². The predicted octanol–water partition coefficient (Wildman–Crippen LogP) is 4.74. The van der Waals surface area contributed by atoms with Gasteiger partial charge in [0.1, 0.15) is 0 Å². The first kappa shape index (κ1) is 21.3. The summed E-state index contributed by atoms with van der Waals surface area (Å²) < 4.78 is 53.1. The quantitative estimate of drug-likeness (QED) is 0.694. The number of rotatable bonds is 3. The third-order valence-corrected chi connectivity index (χ3v) is 8.79. The van der Waals surface area contributed by atoms with Crippen LogP contribution in [-0.2, 0) is 17.0 Å². The van der Waals surface area contributed by atoms with E-state index in [9.17, 15) is 17.4 Å². The Bertz CT molecular complexity index is 755. The molecule has 3 heterocycles. The van der Waals surface area contributed by atoms with Crippen LogP contribution in [0.15, 0.2) is 6.07 Å². The molecule has 1 aromatic heterocycles. The van der Waals surface area contributed by atoms with E-state index in [0.717, 1.165) is 62.4 Å². The molecular formula is C21H32F3N3OS. The van der Waals surface area contributed by atoms with E-state index in [4.69, 9.17) is 0 Å². The highest BCUT2D eigenvalue weighted by molar-refractivity contribution is 7.85. The van der Waals surface area contributed by atoms with Crippen LogP contribution in [0.2, 0.25) is 0 Å². The van der Waals surface area contributed by atoms with Crippen molar-refractivity contribution < 1.29 is 17.4 Å². The summed E-state index contributed by atoms with van der Waals surface area (Å²) in [6.45, 7) is 5.93. The number of halogens is 3. The van der Waals surface area contributed by atoms with Crippen molar-refractivity contribution in [2.75, 3.05) is 24.6 Å². The van der Waals surface area contributed by atoms with Gasteiger partial charge in [0.25, 0.3) is 0 Å². The molecule has 4 rings (SSSR count). The Morgan fingerprint density at radius 3 is 2.52 bits per heavy atom. The van der Waals surface area contributed by atoms with Crippen LogP contribution in [0.4, 0.5) is 13.2 Å². The van der Waals surface area contributed by atoms with Crippen LogP contribution in [0.5, 0.6) is 0 Å². The summed E-state index contributed by atoms with van der Waals surface area (Å²) >= 11 is 0. The molecule has 2 atom stereocenters. The molecule has 2 saturated heterocycles. The number of piperidine rings is 1. The Hall–Kier alpha value is -0.890. The lowest BCUT2D eigenvalue weighted by molar-refractivity contribution is -0.141. The van der Waals surface area contributed by atoms with Gasteiger partial charge in [0.05, 0.1) is 0 Å². The smallest absolute Gasteiger partial charge is 0.300 e. The maximum Gasteiger partial charge on any atom is 0.435 e. The summed E-state index contributed by atoms with van der Waals surface area (Å²) in [6.07, 6.45) is 2.92. The van der Waals surface area contributed by atoms with E-state index in [1.807, 2.05) is 13.8 Å². The zero-order valence-corrected chi connectivity index (χ0v) is 18.2. The molecule has 29 heavy (non-hydrogen) atoms. The van der Waals surface area contributed by atoms with Crippen molar-refractivity contribution in [3.05, 3.63) is 17.5 Å². The van der Waals surface area contributed by atoms with E-state index in [0.29, 0.717) is 6.04 Å². The lowest BCUT2D eigenvalue weighted by Gasteiger charge is -2.45. The summed E-state index contributed by atoms with van der Waals surface area (Å²) in [5.74, 6) is 1.85. The largest absolute Gasteiger partial charge is 0.435 e. The highest BCUT2D eigenvalue weighted by atomic mass is 32.2. The van der Waals surface area contributed by atoms with Crippen LogP contribution in [0.1, 0.15) is 82.1 Å². The Morgan fingerprint density at radius 2 is 1.93 bits per heavy atom. The normalized spacial score (nSPS) is 34.3. The molecule has 1 unspecified atom stereocenters. The van der Waals surface area contributed by atoms with E-state index in [1.54, 1.807) is 4.68 Å². The first-order chi connectivity index (χ1) is 13.7. The van der Waals surface area contributed by atoms with Gasteiger partial charge in [-0.1, -0.05) is 0 Å². The number of aromatic nitrogens is 2. The SMILES string of the molecule is CC(C)n1nc(C(F)(F)F)cc1C1CCC(N2CCC[C@@]3(CCS(=O)C3)C2)CC1. The average molecular weight is 432 g/mol. The number of alkyl halides is 3. The summed E-state index contributed by atoms with van der Waals surface area (Å²) in [5.41, 5.74) is 0.222. The Labute approximate surface area is 173 Å². The van der Waals surface area contributed by atoms with Gasteiger partial charge in [-0.3, -0.25) is 13.8 Å². The van der Waals surface area contributed by atoms with E-state index in [1.165, 1.54) is 18.9 Å².